The molecule has 1 fully saturated rings. The maximum atomic E-state index is 5.90. The maximum absolute atomic E-state index is 5.90. The molecule has 0 saturated heterocycles. The summed E-state index contributed by atoms with van der Waals surface area (Å²) in [5, 5.41) is 1.40. The van der Waals surface area contributed by atoms with Crippen molar-refractivity contribution in [1.82, 2.24) is 4.98 Å². The van der Waals surface area contributed by atoms with E-state index in [4.69, 9.17) is 10.2 Å². The lowest BCUT2D eigenvalue weighted by atomic mass is 9.80. The Hall–Kier alpha value is -0.480. The van der Waals surface area contributed by atoms with E-state index in [-0.39, 0.29) is 0 Å². The fourth-order valence-electron chi connectivity index (χ4n) is 2.68. The Balaban J connectivity index is 2.04. The predicted molar refractivity (Wildman–Crippen MR) is 75.8 cm³/mol. The van der Waals surface area contributed by atoms with Gasteiger partial charge < -0.3 is 10.2 Å². The van der Waals surface area contributed by atoms with Crippen LogP contribution in [0.25, 0.3) is 0 Å². The molecule has 1 heterocycles. The Morgan fingerprint density at radius 1 is 1.39 bits per heavy atom. The summed E-state index contributed by atoms with van der Waals surface area (Å²) in [6.07, 6.45) is 5.12. The molecular weight excluding hydrogens is 244 g/mol. The number of nitrogens with zero attached hydrogens (tertiary/aromatic N) is 1. The van der Waals surface area contributed by atoms with Crippen molar-refractivity contribution in [3.63, 3.8) is 0 Å². The molecule has 0 amide bonds. The molecule has 4 heteroatoms. The molecule has 0 aromatic carbocycles. The average Bonchev–Trinajstić information content (AvgIpc) is 2.68. The smallest absolute Gasteiger partial charge is 0.256 e. The van der Waals surface area contributed by atoms with Gasteiger partial charge in [0.15, 0.2) is 0 Å². The second-order valence-electron chi connectivity index (χ2n) is 5.36. The van der Waals surface area contributed by atoms with Crippen molar-refractivity contribution in [1.29, 1.82) is 0 Å². The van der Waals surface area contributed by atoms with Gasteiger partial charge in [-0.05, 0) is 45.1 Å². The monoisotopic (exact) mass is 268 g/mol. The summed E-state index contributed by atoms with van der Waals surface area (Å²) in [4.78, 5) is 4.48. The zero-order valence-corrected chi connectivity index (χ0v) is 12.4. The highest BCUT2D eigenvalue weighted by molar-refractivity contribution is 7.99. The number of nitrogens with two attached hydrogens (primary N) is 1. The normalized spacial score (nSPS) is 28.6. The summed E-state index contributed by atoms with van der Waals surface area (Å²) in [5.41, 5.74) is 6.91. The van der Waals surface area contributed by atoms with Crippen LogP contribution in [0.2, 0.25) is 0 Å². The fourth-order valence-corrected chi connectivity index (χ4v) is 4.11. The summed E-state index contributed by atoms with van der Waals surface area (Å²) >= 11 is 1.79. The Labute approximate surface area is 114 Å². The quantitative estimate of drug-likeness (QED) is 0.907. The molecule has 3 nitrogen and oxygen atoms in total. The van der Waals surface area contributed by atoms with E-state index in [0.717, 1.165) is 29.1 Å². The van der Waals surface area contributed by atoms with Gasteiger partial charge in [-0.25, -0.2) is 4.98 Å². The van der Waals surface area contributed by atoms with E-state index in [9.17, 15) is 0 Å². The zero-order chi connectivity index (χ0) is 13.1. The minimum absolute atomic E-state index is 0.575. The van der Waals surface area contributed by atoms with E-state index in [1.165, 1.54) is 25.7 Å². The largest absolute Gasteiger partial charge is 0.437 e. The number of rotatable bonds is 4. The van der Waals surface area contributed by atoms with E-state index >= 15 is 0 Å². The van der Waals surface area contributed by atoms with Gasteiger partial charge in [-0.1, -0.05) is 31.5 Å². The van der Waals surface area contributed by atoms with Crippen LogP contribution in [0.5, 0.6) is 0 Å². The van der Waals surface area contributed by atoms with Gasteiger partial charge in [0, 0.05) is 5.25 Å². The Morgan fingerprint density at radius 3 is 2.72 bits per heavy atom. The summed E-state index contributed by atoms with van der Waals surface area (Å²) in [6, 6.07) is 0. The Morgan fingerprint density at radius 2 is 2.17 bits per heavy atom. The van der Waals surface area contributed by atoms with Crippen LogP contribution in [-0.4, -0.2) is 16.8 Å². The molecule has 102 valence electrons. The van der Waals surface area contributed by atoms with E-state index in [2.05, 4.69) is 11.9 Å². The Bertz CT molecular complexity index is 372. The van der Waals surface area contributed by atoms with Crippen LogP contribution in [0.1, 0.15) is 44.1 Å². The summed E-state index contributed by atoms with van der Waals surface area (Å²) < 4.78 is 5.69. The minimum atomic E-state index is 0.575. The average molecular weight is 268 g/mol. The SMILES string of the molecule is CCC1CCC(CN)C(Sc2nc(C)c(C)o2)C1. The lowest BCUT2D eigenvalue weighted by molar-refractivity contribution is 0.282. The molecule has 1 aliphatic carbocycles. The number of oxazole rings is 1. The van der Waals surface area contributed by atoms with Crippen LogP contribution < -0.4 is 5.73 Å². The first-order valence-electron chi connectivity index (χ1n) is 6.94. The highest BCUT2D eigenvalue weighted by Crippen LogP contribution is 2.40. The van der Waals surface area contributed by atoms with Crippen LogP contribution in [0, 0.1) is 25.7 Å². The molecule has 3 atom stereocenters. The van der Waals surface area contributed by atoms with Gasteiger partial charge in [0.1, 0.15) is 5.76 Å². The topological polar surface area (TPSA) is 52.0 Å². The minimum Gasteiger partial charge on any atom is -0.437 e. The van der Waals surface area contributed by atoms with Crippen molar-refractivity contribution in [2.24, 2.45) is 17.6 Å². The molecule has 0 radical (unpaired) electrons. The van der Waals surface area contributed by atoms with Crippen LogP contribution in [0.15, 0.2) is 9.64 Å². The Kier molecular flexibility index (Phi) is 4.73. The van der Waals surface area contributed by atoms with Gasteiger partial charge in [-0.2, -0.15) is 0 Å². The molecule has 1 aromatic heterocycles. The molecule has 1 aromatic rings. The highest BCUT2D eigenvalue weighted by atomic mass is 32.2. The van der Waals surface area contributed by atoms with Gasteiger partial charge in [-0.15, -0.1) is 0 Å². The van der Waals surface area contributed by atoms with Crippen molar-refractivity contribution < 1.29 is 4.42 Å². The molecule has 18 heavy (non-hydrogen) atoms. The predicted octanol–water partition coefficient (Wildman–Crippen LogP) is 3.54. The van der Waals surface area contributed by atoms with Crippen molar-refractivity contribution in [3.05, 3.63) is 11.5 Å². The van der Waals surface area contributed by atoms with Crippen molar-refractivity contribution in [3.8, 4) is 0 Å². The molecular formula is C14H24N2OS. The third kappa shape index (κ3) is 3.09. The standard InChI is InChI=1S/C14H24N2OS/c1-4-11-5-6-12(8-15)13(7-11)18-14-16-9(2)10(3)17-14/h11-13H,4-8,15H2,1-3H3. The van der Waals surface area contributed by atoms with E-state index < -0.39 is 0 Å². The highest BCUT2D eigenvalue weighted by Gasteiger charge is 2.30. The molecule has 3 unspecified atom stereocenters. The first-order valence-corrected chi connectivity index (χ1v) is 7.82. The van der Waals surface area contributed by atoms with Crippen molar-refractivity contribution in [2.75, 3.05) is 6.54 Å². The molecule has 0 bridgehead atoms. The second-order valence-corrected chi connectivity index (χ2v) is 6.55. The van der Waals surface area contributed by atoms with Crippen LogP contribution in [0.3, 0.4) is 0 Å². The molecule has 1 saturated carbocycles. The van der Waals surface area contributed by atoms with Gasteiger partial charge in [0.05, 0.1) is 5.69 Å². The molecule has 2 rings (SSSR count). The van der Waals surface area contributed by atoms with E-state index in [0.29, 0.717) is 11.2 Å². The van der Waals surface area contributed by atoms with E-state index in [1.807, 2.05) is 13.8 Å². The number of aryl methyl sites for hydroxylation is 2. The van der Waals surface area contributed by atoms with Crippen LogP contribution >= 0.6 is 11.8 Å². The number of hydrogen-bond donors (Lipinski definition) is 1. The molecule has 0 aliphatic heterocycles. The van der Waals surface area contributed by atoms with Gasteiger partial charge >= 0.3 is 0 Å². The second kappa shape index (κ2) is 6.11. The third-order valence-corrected chi connectivity index (χ3v) is 5.43. The number of hydrogen-bond acceptors (Lipinski definition) is 4. The number of thioether (sulfide) groups is 1. The zero-order valence-electron chi connectivity index (χ0n) is 11.6. The van der Waals surface area contributed by atoms with Gasteiger partial charge in [0.25, 0.3) is 5.22 Å². The maximum Gasteiger partial charge on any atom is 0.256 e. The lowest BCUT2D eigenvalue weighted by Gasteiger charge is -2.34. The van der Waals surface area contributed by atoms with Crippen LogP contribution in [-0.2, 0) is 0 Å². The number of aromatic nitrogens is 1. The lowest BCUT2D eigenvalue weighted by Crippen LogP contribution is -2.32. The van der Waals surface area contributed by atoms with Crippen molar-refractivity contribution >= 4 is 11.8 Å². The van der Waals surface area contributed by atoms with Crippen molar-refractivity contribution in [2.45, 2.75) is 56.9 Å². The van der Waals surface area contributed by atoms with Gasteiger partial charge in [0.2, 0.25) is 0 Å². The van der Waals surface area contributed by atoms with Gasteiger partial charge in [-0.3, -0.25) is 0 Å². The van der Waals surface area contributed by atoms with Crippen LogP contribution in [0.4, 0.5) is 0 Å². The first kappa shape index (κ1) is 13.9. The molecule has 2 N–H and O–H groups in total. The molecule has 1 aliphatic rings. The van der Waals surface area contributed by atoms with E-state index in [1.54, 1.807) is 11.8 Å². The first-order chi connectivity index (χ1) is 8.63. The summed E-state index contributed by atoms with van der Waals surface area (Å²) in [5.74, 6) is 2.40. The summed E-state index contributed by atoms with van der Waals surface area (Å²) in [7, 11) is 0. The fraction of sp³-hybridized carbons (Fsp3) is 0.786. The third-order valence-electron chi connectivity index (χ3n) is 4.18. The molecule has 0 spiro atoms. The summed E-state index contributed by atoms with van der Waals surface area (Å²) in [6.45, 7) is 7.04.